The molecule has 3 heterocycles. The Bertz CT molecular complexity index is 1110. The molecule has 166 valence electrons. The van der Waals surface area contributed by atoms with Crippen LogP contribution in [0.2, 0.25) is 0 Å². The van der Waals surface area contributed by atoms with Gasteiger partial charge >= 0.3 is 0 Å². The summed E-state index contributed by atoms with van der Waals surface area (Å²) >= 11 is 1.44. The lowest BCUT2D eigenvalue weighted by Gasteiger charge is -2.38. The zero-order valence-corrected chi connectivity index (χ0v) is 19.6. The average molecular weight is 462 g/mol. The van der Waals surface area contributed by atoms with Crippen molar-refractivity contribution < 1.29 is 12.8 Å². The van der Waals surface area contributed by atoms with Gasteiger partial charge in [0.05, 0.1) is 16.3 Å². The Morgan fingerprint density at radius 2 is 1.68 bits per heavy atom. The van der Waals surface area contributed by atoms with E-state index in [4.69, 9.17) is 0 Å². The van der Waals surface area contributed by atoms with E-state index in [1.54, 1.807) is 18.2 Å². The van der Waals surface area contributed by atoms with Gasteiger partial charge < -0.3 is 4.90 Å². The highest BCUT2D eigenvalue weighted by atomic mass is 32.2. The van der Waals surface area contributed by atoms with E-state index in [9.17, 15) is 12.8 Å². The number of anilines is 2. The molecule has 3 aliphatic rings. The van der Waals surface area contributed by atoms with Gasteiger partial charge in [-0.15, -0.1) is 0 Å². The van der Waals surface area contributed by atoms with Gasteiger partial charge in [-0.25, -0.2) is 17.1 Å². The van der Waals surface area contributed by atoms with Gasteiger partial charge in [0.15, 0.2) is 0 Å². The van der Waals surface area contributed by atoms with Crippen LogP contribution in [0, 0.1) is 5.82 Å². The molecule has 0 amide bonds. The highest BCUT2D eigenvalue weighted by molar-refractivity contribution is 7.99. The van der Waals surface area contributed by atoms with Crippen molar-refractivity contribution >= 4 is 33.2 Å². The predicted octanol–water partition coefficient (Wildman–Crippen LogP) is 4.70. The van der Waals surface area contributed by atoms with Crippen molar-refractivity contribution in [2.24, 2.45) is 0 Å². The van der Waals surface area contributed by atoms with Crippen molar-refractivity contribution in [3.63, 3.8) is 0 Å². The molecule has 0 spiro atoms. The van der Waals surface area contributed by atoms with Gasteiger partial charge in [-0.2, -0.15) is 0 Å². The summed E-state index contributed by atoms with van der Waals surface area (Å²) in [4.78, 5) is 6.87. The molecular weight excluding hydrogens is 433 g/mol. The SMILES string of the molecule is CN(C)S(=O)(=O)c1ccc2c(c1)Sc1cc(F)ccc1N2CCC12CCCN1CCC2. The van der Waals surface area contributed by atoms with Crippen molar-refractivity contribution in [2.75, 3.05) is 38.6 Å². The highest BCUT2D eigenvalue weighted by Crippen LogP contribution is 2.50. The van der Waals surface area contributed by atoms with Crippen molar-refractivity contribution in [1.29, 1.82) is 0 Å². The van der Waals surface area contributed by atoms with Crippen LogP contribution < -0.4 is 4.90 Å². The summed E-state index contributed by atoms with van der Waals surface area (Å²) in [5.74, 6) is -0.275. The smallest absolute Gasteiger partial charge is 0.242 e. The molecule has 0 aliphatic carbocycles. The van der Waals surface area contributed by atoms with Crippen LogP contribution in [0.1, 0.15) is 32.1 Å². The largest absolute Gasteiger partial charge is 0.340 e. The molecule has 0 unspecified atom stereocenters. The first kappa shape index (κ1) is 21.2. The topological polar surface area (TPSA) is 43.9 Å². The second kappa shape index (κ2) is 7.76. The second-order valence-electron chi connectivity index (χ2n) is 8.95. The Morgan fingerprint density at radius 3 is 2.35 bits per heavy atom. The first-order valence-corrected chi connectivity index (χ1v) is 13.1. The quantitative estimate of drug-likeness (QED) is 0.646. The van der Waals surface area contributed by atoms with Crippen LogP contribution in [0.15, 0.2) is 51.1 Å². The molecule has 2 aromatic rings. The maximum atomic E-state index is 14.0. The number of sulfonamides is 1. The number of rotatable bonds is 5. The molecule has 0 bridgehead atoms. The second-order valence-corrected chi connectivity index (χ2v) is 12.2. The monoisotopic (exact) mass is 461 g/mol. The van der Waals surface area contributed by atoms with Crippen molar-refractivity contribution in [3.05, 3.63) is 42.2 Å². The normalized spacial score (nSPS) is 20.1. The number of halogens is 1. The van der Waals surface area contributed by atoms with Crippen LogP contribution in [-0.4, -0.2) is 56.9 Å². The third-order valence-electron chi connectivity index (χ3n) is 7.05. The molecule has 2 fully saturated rings. The molecule has 8 heteroatoms. The average Bonchev–Trinajstić information content (AvgIpc) is 3.30. The fourth-order valence-corrected chi connectivity index (χ4v) is 7.57. The zero-order valence-electron chi connectivity index (χ0n) is 18.0. The number of hydrogen-bond donors (Lipinski definition) is 0. The van der Waals surface area contributed by atoms with E-state index >= 15 is 0 Å². The number of benzene rings is 2. The third kappa shape index (κ3) is 3.57. The predicted molar refractivity (Wildman–Crippen MR) is 122 cm³/mol. The van der Waals surface area contributed by atoms with E-state index in [0.29, 0.717) is 5.54 Å². The molecule has 0 N–H and O–H groups in total. The summed E-state index contributed by atoms with van der Waals surface area (Å²) < 4.78 is 40.6. The zero-order chi connectivity index (χ0) is 21.8. The van der Waals surface area contributed by atoms with Crippen LogP contribution >= 0.6 is 11.8 Å². The molecule has 0 atom stereocenters. The van der Waals surface area contributed by atoms with Gasteiger partial charge in [-0.3, -0.25) is 4.90 Å². The molecule has 3 aliphatic heterocycles. The first-order valence-electron chi connectivity index (χ1n) is 10.9. The summed E-state index contributed by atoms with van der Waals surface area (Å²) in [5, 5.41) is 0. The minimum Gasteiger partial charge on any atom is -0.340 e. The van der Waals surface area contributed by atoms with Gasteiger partial charge in [0.1, 0.15) is 5.82 Å². The first-order chi connectivity index (χ1) is 14.8. The van der Waals surface area contributed by atoms with E-state index in [-0.39, 0.29) is 10.7 Å². The Labute approximate surface area is 188 Å². The van der Waals surface area contributed by atoms with Crippen LogP contribution in [0.25, 0.3) is 0 Å². The Balaban J connectivity index is 1.52. The van der Waals surface area contributed by atoms with Crippen molar-refractivity contribution in [3.8, 4) is 0 Å². The highest BCUT2D eigenvalue weighted by Gasteiger charge is 2.44. The van der Waals surface area contributed by atoms with Gasteiger partial charge in [0.2, 0.25) is 10.0 Å². The number of hydrogen-bond acceptors (Lipinski definition) is 5. The summed E-state index contributed by atoms with van der Waals surface area (Å²) in [5.41, 5.74) is 2.29. The maximum Gasteiger partial charge on any atom is 0.242 e. The maximum absolute atomic E-state index is 14.0. The Kier molecular flexibility index (Phi) is 5.32. The molecule has 5 rings (SSSR count). The van der Waals surface area contributed by atoms with Crippen LogP contribution in [0.4, 0.5) is 15.8 Å². The van der Waals surface area contributed by atoms with E-state index in [2.05, 4.69) is 9.80 Å². The number of nitrogens with zero attached hydrogens (tertiary/aromatic N) is 3. The summed E-state index contributed by atoms with van der Waals surface area (Å²) in [7, 11) is -0.461. The van der Waals surface area contributed by atoms with Crippen molar-refractivity contribution in [2.45, 2.75) is 52.3 Å². The number of fused-ring (bicyclic) bond motifs is 3. The lowest BCUT2D eigenvalue weighted by atomic mass is 9.90. The molecule has 0 aromatic heterocycles. The van der Waals surface area contributed by atoms with Crippen LogP contribution in [0.5, 0.6) is 0 Å². The van der Waals surface area contributed by atoms with Gasteiger partial charge in [0, 0.05) is 36.0 Å². The van der Waals surface area contributed by atoms with Crippen LogP contribution in [0.3, 0.4) is 0 Å². The molecule has 0 saturated carbocycles. The molecule has 2 aromatic carbocycles. The Hall–Kier alpha value is -1.61. The lowest BCUT2D eigenvalue weighted by Crippen LogP contribution is -2.41. The van der Waals surface area contributed by atoms with Crippen LogP contribution in [-0.2, 0) is 10.0 Å². The van der Waals surface area contributed by atoms with E-state index in [1.165, 1.54) is 75.0 Å². The molecule has 2 saturated heterocycles. The molecule has 31 heavy (non-hydrogen) atoms. The summed E-state index contributed by atoms with van der Waals surface area (Å²) in [6.45, 7) is 3.22. The van der Waals surface area contributed by atoms with E-state index in [1.807, 2.05) is 12.1 Å². The van der Waals surface area contributed by atoms with E-state index < -0.39 is 10.0 Å². The molecular formula is C23H28FN3O2S2. The fourth-order valence-electron chi connectivity index (χ4n) is 5.41. The summed E-state index contributed by atoms with van der Waals surface area (Å²) in [6.07, 6.45) is 6.09. The Morgan fingerprint density at radius 1 is 1.03 bits per heavy atom. The van der Waals surface area contributed by atoms with Gasteiger partial charge in [-0.1, -0.05) is 11.8 Å². The third-order valence-corrected chi connectivity index (χ3v) is 9.95. The minimum atomic E-state index is -3.53. The van der Waals surface area contributed by atoms with E-state index in [0.717, 1.165) is 34.1 Å². The minimum absolute atomic E-state index is 0.264. The van der Waals surface area contributed by atoms with Gasteiger partial charge in [0.25, 0.3) is 0 Å². The standard InChI is InChI=1S/C23H28FN3O2S2/c1-25(2)31(28,29)18-6-8-20-22(16-18)30-21-15-17(24)5-7-19(21)27(20)14-11-23-9-3-12-26(23)13-4-10-23/h5-8,15-16H,3-4,9-14H2,1-2H3. The molecule has 5 nitrogen and oxygen atoms in total. The fraction of sp³-hybridized carbons (Fsp3) is 0.478. The summed E-state index contributed by atoms with van der Waals surface area (Å²) in [6, 6.07) is 10.2. The van der Waals surface area contributed by atoms with Gasteiger partial charge in [-0.05, 0) is 81.6 Å². The van der Waals surface area contributed by atoms with Crippen molar-refractivity contribution in [1.82, 2.24) is 9.21 Å². The molecule has 0 radical (unpaired) electrons. The lowest BCUT2D eigenvalue weighted by molar-refractivity contribution is 0.185.